The van der Waals surface area contributed by atoms with Crippen molar-refractivity contribution in [2.24, 2.45) is 0 Å². The van der Waals surface area contributed by atoms with Gasteiger partial charge >= 0.3 is 0 Å². The molecule has 2 heterocycles. The van der Waals surface area contributed by atoms with Gasteiger partial charge in [0.25, 0.3) is 0 Å². The first kappa shape index (κ1) is 17.5. The Kier molecular flexibility index (Phi) is 5.03. The molecule has 1 aliphatic rings. The van der Waals surface area contributed by atoms with Crippen LogP contribution in [0.5, 0.6) is 0 Å². The zero-order valence-electron chi connectivity index (χ0n) is 15.5. The molecule has 0 atom stereocenters. The van der Waals surface area contributed by atoms with Crippen molar-refractivity contribution >= 4 is 11.5 Å². The largest absolute Gasteiger partial charge is 0.378 e. The third kappa shape index (κ3) is 3.93. The van der Waals surface area contributed by atoms with Gasteiger partial charge in [0.15, 0.2) is 5.78 Å². The average molecular weight is 361 g/mol. The van der Waals surface area contributed by atoms with Crippen molar-refractivity contribution in [2.75, 3.05) is 31.2 Å². The summed E-state index contributed by atoms with van der Waals surface area (Å²) in [7, 11) is 0. The molecule has 2 aromatic carbocycles. The Morgan fingerprint density at radius 3 is 2.63 bits per heavy atom. The quantitative estimate of drug-likeness (QED) is 0.651. The summed E-state index contributed by atoms with van der Waals surface area (Å²) in [6.07, 6.45) is 3.93. The van der Waals surface area contributed by atoms with Crippen LogP contribution in [0.1, 0.15) is 22.8 Å². The van der Waals surface area contributed by atoms with Crippen molar-refractivity contribution in [1.29, 1.82) is 0 Å². The molecule has 4 rings (SSSR count). The lowest BCUT2D eigenvalue weighted by Gasteiger charge is -2.30. The van der Waals surface area contributed by atoms with Gasteiger partial charge in [0, 0.05) is 41.7 Å². The molecule has 27 heavy (non-hydrogen) atoms. The predicted octanol–water partition coefficient (Wildman–Crippen LogP) is 3.64. The molecule has 3 aromatic rings. The Morgan fingerprint density at radius 2 is 1.89 bits per heavy atom. The van der Waals surface area contributed by atoms with Crippen LogP contribution >= 0.6 is 0 Å². The molecule has 1 saturated heterocycles. The van der Waals surface area contributed by atoms with Crippen LogP contribution < -0.4 is 4.90 Å². The average Bonchev–Trinajstić information content (AvgIpc) is 3.17. The van der Waals surface area contributed by atoms with Crippen LogP contribution in [0.15, 0.2) is 60.9 Å². The first-order valence-electron chi connectivity index (χ1n) is 9.25. The fourth-order valence-corrected chi connectivity index (χ4v) is 3.43. The minimum absolute atomic E-state index is 0.0708. The van der Waals surface area contributed by atoms with Crippen molar-refractivity contribution in [3.8, 4) is 11.1 Å². The van der Waals surface area contributed by atoms with E-state index in [1.807, 2.05) is 47.3 Å². The maximum absolute atomic E-state index is 11.9. The van der Waals surface area contributed by atoms with Gasteiger partial charge < -0.3 is 9.64 Å². The van der Waals surface area contributed by atoms with Crippen LogP contribution in [0.25, 0.3) is 11.1 Å². The number of morpholine rings is 1. The van der Waals surface area contributed by atoms with Crippen LogP contribution in [0.3, 0.4) is 0 Å². The van der Waals surface area contributed by atoms with Crippen LogP contribution in [0, 0.1) is 0 Å². The lowest BCUT2D eigenvalue weighted by atomic mass is 10.0. The number of Topliss-reactive ketones (excluding diaryl/α,β-unsaturated/α-hetero) is 1. The number of hydrogen-bond acceptors (Lipinski definition) is 4. The van der Waals surface area contributed by atoms with Crippen molar-refractivity contribution in [3.05, 3.63) is 72.1 Å². The van der Waals surface area contributed by atoms with Crippen LogP contribution in [-0.4, -0.2) is 41.9 Å². The third-order valence-electron chi connectivity index (χ3n) is 4.89. The van der Waals surface area contributed by atoms with Gasteiger partial charge in [-0.1, -0.05) is 30.3 Å². The molecule has 0 amide bonds. The first-order valence-corrected chi connectivity index (χ1v) is 9.25. The SMILES string of the molecule is CC(=O)c1ccc(N2CCOCC2)c(-c2cnn(Cc3ccccc3)c2)c1. The van der Waals surface area contributed by atoms with Crippen LogP contribution in [0.4, 0.5) is 5.69 Å². The number of rotatable bonds is 5. The second-order valence-corrected chi connectivity index (χ2v) is 6.80. The van der Waals surface area contributed by atoms with E-state index in [0.29, 0.717) is 0 Å². The Morgan fingerprint density at radius 1 is 1.11 bits per heavy atom. The highest BCUT2D eigenvalue weighted by molar-refractivity contribution is 5.97. The molecule has 0 spiro atoms. The Hall–Kier alpha value is -2.92. The van der Waals surface area contributed by atoms with Gasteiger partial charge in [0.1, 0.15) is 0 Å². The number of hydrogen-bond donors (Lipinski definition) is 0. The number of aromatic nitrogens is 2. The Labute approximate surface area is 159 Å². The zero-order chi connectivity index (χ0) is 18.6. The van der Waals surface area contributed by atoms with Gasteiger partial charge in [-0.2, -0.15) is 5.10 Å². The van der Waals surface area contributed by atoms with Crippen molar-refractivity contribution < 1.29 is 9.53 Å². The molecule has 0 radical (unpaired) electrons. The maximum atomic E-state index is 11.9. The molecule has 1 aliphatic heterocycles. The minimum atomic E-state index is 0.0708. The molecule has 5 heteroatoms. The van der Waals surface area contributed by atoms with E-state index in [2.05, 4.69) is 28.3 Å². The Balaban J connectivity index is 1.68. The van der Waals surface area contributed by atoms with E-state index in [4.69, 9.17) is 4.74 Å². The molecule has 1 fully saturated rings. The van der Waals surface area contributed by atoms with E-state index in [1.54, 1.807) is 6.92 Å². The first-order chi connectivity index (χ1) is 13.2. The highest BCUT2D eigenvalue weighted by atomic mass is 16.5. The van der Waals surface area contributed by atoms with E-state index >= 15 is 0 Å². The summed E-state index contributed by atoms with van der Waals surface area (Å²) in [5.41, 5.74) is 5.12. The summed E-state index contributed by atoms with van der Waals surface area (Å²) in [5.74, 6) is 0.0708. The molecule has 0 saturated carbocycles. The molecule has 0 bridgehead atoms. The van der Waals surface area contributed by atoms with Crippen LogP contribution in [0.2, 0.25) is 0 Å². The summed E-state index contributed by atoms with van der Waals surface area (Å²) in [6, 6.07) is 16.2. The molecular weight excluding hydrogens is 338 g/mol. The van der Waals surface area contributed by atoms with Gasteiger partial charge in [-0.3, -0.25) is 9.48 Å². The van der Waals surface area contributed by atoms with Crippen LogP contribution in [-0.2, 0) is 11.3 Å². The van der Waals surface area contributed by atoms with E-state index in [1.165, 1.54) is 5.56 Å². The molecule has 0 unspecified atom stereocenters. The summed E-state index contributed by atoms with van der Waals surface area (Å²) in [4.78, 5) is 14.2. The monoisotopic (exact) mass is 361 g/mol. The van der Waals surface area contributed by atoms with E-state index in [-0.39, 0.29) is 5.78 Å². The van der Waals surface area contributed by atoms with Gasteiger partial charge in [-0.15, -0.1) is 0 Å². The number of benzene rings is 2. The smallest absolute Gasteiger partial charge is 0.159 e. The second-order valence-electron chi connectivity index (χ2n) is 6.80. The highest BCUT2D eigenvalue weighted by Gasteiger charge is 2.18. The number of carbonyl (C=O) groups excluding carboxylic acids is 1. The molecule has 138 valence electrons. The number of carbonyl (C=O) groups is 1. The highest BCUT2D eigenvalue weighted by Crippen LogP contribution is 2.32. The minimum Gasteiger partial charge on any atom is -0.378 e. The third-order valence-corrected chi connectivity index (χ3v) is 4.89. The molecule has 5 nitrogen and oxygen atoms in total. The topological polar surface area (TPSA) is 47.4 Å². The summed E-state index contributed by atoms with van der Waals surface area (Å²) >= 11 is 0. The summed E-state index contributed by atoms with van der Waals surface area (Å²) < 4.78 is 7.43. The lowest BCUT2D eigenvalue weighted by molar-refractivity contribution is 0.101. The van der Waals surface area contributed by atoms with E-state index in [0.717, 1.165) is 55.2 Å². The number of ether oxygens (including phenoxy) is 1. The van der Waals surface area contributed by atoms with E-state index < -0.39 is 0 Å². The molecular formula is C22H23N3O2. The number of nitrogens with zero attached hydrogens (tertiary/aromatic N) is 3. The predicted molar refractivity (Wildman–Crippen MR) is 106 cm³/mol. The van der Waals surface area contributed by atoms with Crippen molar-refractivity contribution in [3.63, 3.8) is 0 Å². The number of anilines is 1. The standard InChI is InChI=1S/C22H23N3O2/c1-17(26)19-7-8-22(24-9-11-27-12-10-24)21(13-19)20-14-23-25(16-20)15-18-5-3-2-4-6-18/h2-8,13-14,16H,9-12,15H2,1H3. The second kappa shape index (κ2) is 7.76. The van der Waals surface area contributed by atoms with Crippen molar-refractivity contribution in [2.45, 2.75) is 13.5 Å². The normalized spacial score (nSPS) is 14.3. The van der Waals surface area contributed by atoms with Gasteiger partial charge in [0.2, 0.25) is 0 Å². The lowest BCUT2D eigenvalue weighted by Crippen LogP contribution is -2.36. The van der Waals surface area contributed by atoms with Crippen molar-refractivity contribution in [1.82, 2.24) is 9.78 Å². The molecule has 1 aromatic heterocycles. The summed E-state index contributed by atoms with van der Waals surface area (Å²) in [5, 5.41) is 4.54. The van der Waals surface area contributed by atoms with Gasteiger partial charge in [0.05, 0.1) is 26.0 Å². The Bertz CT molecular complexity index is 928. The fraction of sp³-hybridized carbons (Fsp3) is 0.273. The molecule has 0 aliphatic carbocycles. The maximum Gasteiger partial charge on any atom is 0.159 e. The zero-order valence-corrected chi connectivity index (χ0v) is 15.5. The van der Waals surface area contributed by atoms with Gasteiger partial charge in [-0.05, 0) is 30.7 Å². The van der Waals surface area contributed by atoms with E-state index in [9.17, 15) is 4.79 Å². The fourth-order valence-electron chi connectivity index (χ4n) is 3.43. The number of ketones is 1. The molecule has 0 N–H and O–H groups in total. The van der Waals surface area contributed by atoms with Gasteiger partial charge in [-0.25, -0.2) is 0 Å². The summed E-state index contributed by atoms with van der Waals surface area (Å²) in [6.45, 7) is 5.48.